The molecule has 0 radical (unpaired) electrons. The molecule has 1 aromatic carbocycles. The summed E-state index contributed by atoms with van der Waals surface area (Å²) < 4.78 is 20.3. The molecule has 0 spiro atoms. The Morgan fingerprint density at radius 3 is 2.60 bits per heavy atom. The number of ether oxygens (including phenoxy) is 1. The molecule has 0 heterocycles. The van der Waals surface area contributed by atoms with E-state index in [1.807, 2.05) is 0 Å². The van der Waals surface area contributed by atoms with Crippen molar-refractivity contribution in [1.82, 2.24) is 0 Å². The number of hydrogen-bond acceptors (Lipinski definition) is 3. The molecule has 0 aliphatic rings. The third-order valence-electron chi connectivity index (χ3n) is 1.49. The van der Waals surface area contributed by atoms with E-state index >= 15 is 0 Å². The minimum atomic E-state index is -2.06. The maximum Gasteiger partial charge on any atom is 0.441 e. The van der Waals surface area contributed by atoms with Gasteiger partial charge in [-0.3, -0.25) is 0 Å². The Morgan fingerprint density at radius 2 is 2.07 bits per heavy atom. The lowest BCUT2D eigenvalue weighted by atomic mass is 10.4. The maximum absolute atomic E-state index is 11.5. The van der Waals surface area contributed by atoms with Crippen molar-refractivity contribution in [2.45, 2.75) is 11.8 Å². The molecule has 1 amide bonds. The van der Waals surface area contributed by atoms with Gasteiger partial charge in [0.2, 0.25) is 0 Å². The molecule has 1 aromatic rings. The summed E-state index contributed by atoms with van der Waals surface area (Å²) in [7, 11) is -2.06. The second kappa shape index (κ2) is 5.87. The highest BCUT2D eigenvalue weighted by Crippen LogP contribution is 2.11. The van der Waals surface area contributed by atoms with Gasteiger partial charge in [0, 0.05) is 9.37 Å². The highest BCUT2D eigenvalue weighted by molar-refractivity contribution is 9.10. The second-order valence-electron chi connectivity index (χ2n) is 2.55. The summed E-state index contributed by atoms with van der Waals surface area (Å²) in [5.41, 5.74) is 0. The number of carbonyl (C=O) groups is 1. The van der Waals surface area contributed by atoms with E-state index in [-0.39, 0.29) is 6.61 Å². The lowest BCUT2D eigenvalue weighted by Gasteiger charge is -1.95. The minimum Gasteiger partial charge on any atom is -0.448 e. The zero-order valence-corrected chi connectivity index (χ0v) is 10.5. The van der Waals surface area contributed by atoms with Crippen molar-refractivity contribution in [2.75, 3.05) is 6.61 Å². The molecule has 82 valence electrons. The normalized spacial score (nSPS) is 12.4. The third-order valence-corrected chi connectivity index (χ3v) is 3.10. The van der Waals surface area contributed by atoms with Crippen LogP contribution in [0, 0.1) is 0 Å². The summed E-state index contributed by atoms with van der Waals surface area (Å²) in [6, 6.07) is 6.77. The van der Waals surface area contributed by atoms with Crippen LogP contribution in [0.2, 0.25) is 0 Å². The van der Waals surface area contributed by atoms with E-state index < -0.39 is 16.7 Å². The van der Waals surface area contributed by atoms with Crippen molar-refractivity contribution in [1.29, 1.82) is 0 Å². The molecule has 0 saturated heterocycles. The number of rotatable bonds is 2. The maximum atomic E-state index is 11.5. The molecule has 0 aromatic heterocycles. The summed E-state index contributed by atoms with van der Waals surface area (Å²) >= 11 is 3.25. The Kier molecular flexibility index (Phi) is 4.77. The zero-order chi connectivity index (χ0) is 11.3. The summed E-state index contributed by atoms with van der Waals surface area (Å²) in [6.07, 6.45) is -0.790. The fourth-order valence-electron chi connectivity index (χ4n) is 0.853. The first-order valence-corrected chi connectivity index (χ1v) is 6.25. The first-order chi connectivity index (χ1) is 7.13. The Morgan fingerprint density at radius 1 is 1.47 bits per heavy atom. The van der Waals surface area contributed by atoms with Crippen LogP contribution in [0.25, 0.3) is 0 Å². The number of benzene rings is 1. The molecule has 1 rings (SSSR count). The van der Waals surface area contributed by atoms with Crippen molar-refractivity contribution in [2.24, 2.45) is 4.36 Å². The van der Waals surface area contributed by atoms with Crippen molar-refractivity contribution in [3.05, 3.63) is 28.7 Å². The molecule has 6 heteroatoms. The van der Waals surface area contributed by atoms with Crippen LogP contribution < -0.4 is 0 Å². The smallest absolute Gasteiger partial charge is 0.441 e. The lowest BCUT2D eigenvalue weighted by Crippen LogP contribution is -1.97. The number of halogens is 1. The predicted octanol–water partition coefficient (Wildman–Crippen LogP) is 2.63. The quantitative estimate of drug-likeness (QED) is 0.852. The molecular weight excluding hydrogens is 282 g/mol. The van der Waals surface area contributed by atoms with Crippen LogP contribution in [0.1, 0.15) is 6.92 Å². The van der Waals surface area contributed by atoms with E-state index in [2.05, 4.69) is 25.0 Å². The van der Waals surface area contributed by atoms with Gasteiger partial charge in [-0.2, -0.15) is 0 Å². The average molecular weight is 292 g/mol. The van der Waals surface area contributed by atoms with E-state index in [4.69, 9.17) is 0 Å². The van der Waals surface area contributed by atoms with Crippen molar-refractivity contribution in [3.63, 3.8) is 0 Å². The highest BCUT2D eigenvalue weighted by Gasteiger charge is 1.99. The Balaban J connectivity index is 2.85. The molecule has 4 nitrogen and oxygen atoms in total. The Hall–Kier alpha value is -0.880. The molecule has 0 N–H and O–H groups in total. The van der Waals surface area contributed by atoms with Gasteiger partial charge in [-0.15, -0.1) is 4.36 Å². The summed E-state index contributed by atoms with van der Waals surface area (Å²) in [6.45, 7) is 1.89. The van der Waals surface area contributed by atoms with Gasteiger partial charge >= 0.3 is 6.09 Å². The largest absolute Gasteiger partial charge is 0.448 e. The number of hydrogen-bond donors (Lipinski definition) is 1. The van der Waals surface area contributed by atoms with Gasteiger partial charge in [-0.25, -0.2) is 9.00 Å². The first kappa shape index (κ1) is 12.2. The Bertz CT molecular complexity index is 423. The molecule has 0 aliphatic carbocycles. The molecule has 1 unspecified atom stereocenters. The summed E-state index contributed by atoms with van der Waals surface area (Å²) in [5, 5.41) is 0. The van der Waals surface area contributed by atoms with Gasteiger partial charge in [0.05, 0.1) is 17.2 Å². The van der Waals surface area contributed by atoms with E-state index in [1.54, 1.807) is 31.2 Å². The van der Waals surface area contributed by atoms with Gasteiger partial charge in [0.25, 0.3) is 0 Å². The van der Waals surface area contributed by atoms with Crippen LogP contribution >= 0.6 is 15.9 Å². The van der Waals surface area contributed by atoms with Gasteiger partial charge in [-0.1, -0.05) is 15.9 Å². The van der Waals surface area contributed by atoms with Gasteiger partial charge < -0.3 is 4.74 Å². The van der Waals surface area contributed by atoms with Gasteiger partial charge in [0.15, 0.2) is 0 Å². The molecule has 0 saturated carbocycles. The number of amides is 1. The lowest BCUT2D eigenvalue weighted by molar-refractivity contribution is 0.164. The number of nitrogens with zero attached hydrogens (tertiary/aromatic N) is 1. The van der Waals surface area contributed by atoms with Crippen molar-refractivity contribution in [3.8, 4) is 0 Å². The monoisotopic (exact) mass is 291 g/mol. The summed E-state index contributed by atoms with van der Waals surface area (Å²) in [4.78, 5) is 11.4. The molecule has 0 bridgehead atoms. The van der Waals surface area contributed by atoms with Crippen molar-refractivity contribution < 1.29 is 13.7 Å². The highest BCUT2D eigenvalue weighted by atomic mass is 79.9. The molecule has 0 fully saturated rings. The average Bonchev–Trinajstić information content (AvgIpc) is 2.18. The van der Waals surface area contributed by atoms with E-state index in [0.29, 0.717) is 4.90 Å². The van der Waals surface area contributed by atoms with Gasteiger partial charge in [0.1, 0.15) is 0 Å². The second-order valence-corrected chi connectivity index (χ2v) is 4.73. The van der Waals surface area contributed by atoms with Crippen LogP contribution in [-0.2, 0) is 15.3 Å². The number of thiol groups is 1. The standard InChI is InChI=1S/C9H10BrNO3S/c1-2-14-9(12)11-15(13)8-5-3-7(10)4-6-8/h3-6,15H,2H2,1H3. The topological polar surface area (TPSA) is 55.7 Å². The molecule has 0 aliphatic heterocycles. The van der Waals surface area contributed by atoms with E-state index in [1.165, 1.54) is 0 Å². The predicted molar refractivity (Wildman–Crippen MR) is 61.4 cm³/mol. The fraction of sp³-hybridized carbons (Fsp3) is 0.222. The zero-order valence-electron chi connectivity index (χ0n) is 8.01. The van der Waals surface area contributed by atoms with E-state index in [0.717, 1.165) is 4.47 Å². The van der Waals surface area contributed by atoms with Crippen LogP contribution in [0.5, 0.6) is 0 Å². The molecular formula is C9H10BrNO3S. The number of carbonyl (C=O) groups excluding carboxylic acids is 1. The van der Waals surface area contributed by atoms with Crippen LogP contribution in [0.3, 0.4) is 0 Å². The van der Waals surface area contributed by atoms with Crippen molar-refractivity contribution >= 4 is 32.6 Å². The third kappa shape index (κ3) is 4.01. The van der Waals surface area contributed by atoms with Crippen LogP contribution in [-0.4, -0.2) is 16.9 Å². The van der Waals surface area contributed by atoms with Crippen LogP contribution in [0.15, 0.2) is 38.0 Å². The SMILES string of the molecule is CCOC(=O)/N=[SH](=O)/c1ccc(Br)cc1. The minimum absolute atomic E-state index is 0.228. The van der Waals surface area contributed by atoms with E-state index in [9.17, 15) is 9.00 Å². The van der Waals surface area contributed by atoms with Gasteiger partial charge in [-0.05, 0) is 31.2 Å². The fourth-order valence-corrected chi connectivity index (χ4v) is 1.84. The molecule has 1 atom stereocenters. The van der Waals surface area contributed by atoms with Crippen LogP contribution in [0.4, 0.5) is 4.79 Å². The Labute approximate surface area is 98.0 Å². The first-order valence-electron chi connectivity index (χ1n) is 4.24. The molecule has 15 heavy (non-hydrogen) atoms. The summed E-state index contributed by atoms with van der Waals surface area (Å²) in [5.74, 6) is 0.